The lowest BCUT2D eigenvalue weighted by Crippen LogP contribution is -2.23. The molecule has 108 valence electrons. The normalized spacial score (nSPS) is 11.4. The fourth-order valence-corrected chi connectivity index (χ4v) is 1.98. The molecular formula is C15H27N3O. The van der Waals surface area contributed by atoms with Gasteiger partial charge in [0.05, 0.1) is 12.8 Å². The second-order valence-corrected chi connectivity index (χ2v) is 5.77. The molecule has 19 heavy (non-hydrogen) atoms. The fraction of sp³-hybridized carbons (Fsp3) is 0.667. The molecule has 0 aliphatic heterocycles. The van der Waals surface area contributed by atoms with Crippen LogP contribution < -0.4 is 15.8 Å². The van der Waals surface area contributed by atoms with Crippen molar-refractivity contribution >= 4 is 11.5 Å². The highest BCUT2D eigenvalue weighted by Gasteiger charge is 2.17. The predicted molar refractivity (Wildman–Crippen MR) is 81.6 cm³/mol. The van der Waals surface area contributed by atoms with E-state index in [1.54, 1.807) is 7.11 Å². The first-order valence-corrected chi connectivity index (χ1v) is 7.03. The van der Waals surface area contributed by atoms with Crippen LogP contribution >= 0.6 is 0 Å². The van der Waals surface area contributed by atoms with Crippen LogP contribution in [0.4, 0.5) is 11.5 Å². The Labute approximate surface area is 116 Å². The number of hydrogen-bond donors (Lipinski definition) is 2. The number of methoxy groups -OCH3 is 1. The van der Waals surface area contributed by atoms with E-state index in [-0.39, 0.29) is 5.41 Å². The zero-order chi connectivity index (χ0) is 14.3. The number of anilines is 2. The lowest BCUT2D eigenvalue weighted by Gasteiger charge is -2.25. The van der Waals surface area contributed by atoms with Gasteiger partial charge >= 0.3 is 0 Å². The molecule has 0 aromatic carbocycles. The van der Waals surface area contributed by atoms with Crippen molar-refractivity contribution in [2.24, 2.45) is 5.41 Å². The molecule has 1 rings (SSSR count). The van der Waals surface area contributed by atoms with Gasteiger partial charge in [-0.1, -0.05) is 40.0 Å². The number of nitrogens with one attached hydrogen (secondary N) is 1. The highest BCUT2D eigenvalue weighted by Crippen LogP contribution is 2.25. The topological polar surface area (TPSA) is 60.2 Å². The molecular weight excluding hydrogens is 238 g/mol. The van der Waals surface area contributed by atoms with Gasteiger partial charge in [0.15, 0.2) is 0 Å². The van der Waals surface area contributed by atoms with Crippen LogP contribution in [0.2, 0.25) is 0 Å². The van der Waals surface area contributed by atoms with Crippen LogP contribution in [0.1, 0.15) is 46.5 Å². The predicted octanol–water partition coefficient (Wildman–Crippen LogP) is 3.69. The number of aromatic nitrogens is 1. The van der Waals surface area contributed by atoms with E-state index in [9.17, 15) is 0 Å². The minimum atomic E-state index is 0.269. The van der Waals surface area contributed by atoms with Gasteiger partial charge in [-0.15, -0.1) is 0 Å². The fourth-order valence-electron chi connectivity index (χ4n) is 1.98. The quantitative estimate of drug-likeness (QED) is 0.704. The van der Waals surface area contributed by atoms with E-state index in [4.69, 9.17) is 10.5 Å². The van der Waals surface area contributed by atoms with Crippen molar-refractivity contribution in [3.8, 4) is 5.88 Å². The van der Waals surface area contributed by atoms with Crippen LogP contribution in [0.15, 0.2) is 12.1 Å². The third-order valence-corrected chi connectivity index (χ3v) is 3.29. The summed E-state index contributed by atoms with van der Waals surface area (Å²) in [7, 11) is 1.58. The summed E-state index contributed by atoms with van der Waals surface area (Å²) in [6.45, 7) is 7.70. The Hall–Kier alpha value is -1.45. The van der Waals surface area contributed by atoms with Crippen LogP contribution in [0.3, 0.4) is 0 Å². The third-order valence-electron chi connectivity index (χ3n) is 3.29. The highest BCUT2D eigenvalue weighted by molar-refractivity contribution is 5.53. The molecule has 4 nitrogen and oxygen atoms in total. The molecule has 0 saturated heterocycles. The van der Waals surface area contributed by atoms with Crippen molar-refractivity contribution in [1.82, 2.24) is 4.98 Å². The molecule has 3 N–H and O–H groups in total. The van der Waals surface area contributed by atoms with Crippen molar-refractivity contribution in [2.75, 3.05) is 24.7 Å². The van der Waals surface area contributed by atoms with Gasteiger partial charge in [0.25, 0.3) is 0 Å². The lowest BCUT2D eigenvalue weighted by atomic mass is 9.87. The first-order chi connectivity index (χ1) is 8.98. The second kappa shape index (κ2) is 7.22. The van der Waals surface area contributed by atoms with Gasteiger partial charge in [-0.2, -0.15) is 4.98 Å². The van der Waals surface area contributed by atoms with E-state index in [2.05, 4.69) is 31.1 Å². The summed E-state index contributed by atoms with van der Waals surface area (Å²) < 4.78 is 5.12. The number of pyridine rings is 1. The molecule has 0 spiro atoms. The van der Waals surface area contributed by atoms with Crippen molar-refractivity contribution < 1.29 is 4.74 Å². The van der Waals surface area contributed by atoms with E-state index < -0.39 is 0 Å². The third kappa shape index (κ3) is 5.37. The summed E-state index contributed by atoms with van der Waals surface area (Å²) in [5, 5.41) is 3.37. The Bertz CT molecular complexity index is 391. The molecule has 0 aliphatic carbocycles. The van der Waals surface area contributed by atoms with Gasteiger partial charge in [-0.25, -0.2) is 0 Å². The number of ether oxygens (including phenoxy) is 1. The van der Waals surface area contributed by atoms with Gasteiger partial charge in [-0.3, -0.25) is 0 Å². The van der Waals surface area contributed by atoms with E-state index in [1.165, 1.54) is 25.7 Å². The first-order valence-electron chi connectivity index (χ1n) is 7.03. The molecule has 0 amide bonds. The minimum Gasteiger partial charge on any atom is -0.479 e. The van der Waals surface area contributed by atoms with Gasteiger partial charge in [0.1, 0.15) is 5.82 Å². The Morgan fingerprint density at radius 3 is 2.68 bits per heavy atom. The van der Waals surface area contributed by atoms with Gasteiger partial charge < -0.3 is 15.8 Å². The zero-order valence-corrected chi connectivity index (χ0v) is 12.6. The molecule has 4 heteroatoms. The smallest absolute Gasteiger partial charge is 0.238 e. The van der Waals surface area contributed by atoms with Crippen LogP contribution in [0, 0.1) is 5.41 Å². The highest BCUT2D eigenvalue weighted by atomic mass is 16.5. The molecule has 0 saturated carbocycles. The van der Waals surface area contributed by atoms with Crippen LogP contribution in [0.25, 0.3) is 0 Å². The molecule has 0 unspecified atom stereocenters. The van der Waals surface area contributed by atoms with E-state index in [1.807, 2.05) is 12.1 Å². The standard InChI is InChI=1S/C15H27N3O/c1-5-6-7-10-15(2,3)11-17-13-9-8-12(16)14(18-13)19-4/h8-9H,5-7,10-11,16H2,1-4H3,(H,17,18). The maximum atomic E-state index is 5.75. The molecule has 1 aromatic rings. The van der Waals surface area contributed by atoms with Gasteiger partial charge in [-0.05, 0) is 24.0 Å². The van der Waals surface area contributed by atoms with E-state index in [0.29, 0.717) is 11.6 Å². The summed E-state index contributed by atoms with van der Waals surface area (Å²) in [5.74, 6) is 1.29. The summed E-state index contributed by atoms with van der Waals surface area (Å²) in [4.78, 5) is 4.33. The number of nitrogen functional groups attached to an aromatic ring is 1. The number of rotatable bonds is 8. The number of nitrogens with zero attached hydrogens (tertiary/aromatic N) is 1. The molecule has 0 bridgehead atoms. The monoisotopic (exact) mass is 265 g/mol. The molecule has 0 atom stereocenters. The summed E-state index contributed by atoms with van der Waals surface area (Å²) in [6, 6.07) is 3.71. The molecule has 0 fully saturated rings. The Morgan fingerprint density at radius 1 is 1.32 bits per heavy atom. The summed E-state index contributed by atoms with van der Waals surface area (Å²) >= 11 is 0. The van der Waals surface area contributed by atoms with Crippen LogP contribution in [0.5, 0.6) is 5.88 Å². The number of hydrogen-bond acceptors (Lipinski definition) is 4. The lowest BCUT2D eigenvalue weighted by molar-refractivity contribution is 0.342. The number of unbranched alkanes of at least 4 members (excludes halogenated alkanes) is 2. The maximum Gasteiger partial charge on any atom is 0.238 e. The maximum absolute atomic E-state index is 5.75. The molecule has 0 radical (unpaired) electrons. The van der Waals surface area contributed by atoms with E-state index >= 15 is 0 Å². The largest absolute Gasteiger partial charge is 0.479 e. The first kappa shape index (κ1) is 15.6. The van der Waals surface area contributed by atoms with E-state index in [0.717, 1.165) is 12.4 Å². The van der Waals surface area contributed by atoms with Crippen molar-refractivity contribution in [1.29, 1.82) is 0 Å². The zero-order valence-electron chi connectivity index (χ0n) is 12.6. The molecule has 0 aliphatic rings. The van der Waals surface area contributed by atoms with Gasteiger partial charge in [0, 0.05) is 6.54 Å². The summed E-state index contributed by atoms with van der Waals surface area (Å²) in [5.41, 5.74) is 6.58. The SMILES string of the molecule is CCCCCC(C)(C)CNc1ccc(N)c(OC)n1. The van der Waals surface area contributed by atoms with Crippen molar-refractivity contribution in [3.05, 3.63) is 12.1 Å². The van der Waals surface area contributed by atoms with Crippen LogP contribution in [-0.4, -0.2) is 18.6 Å². The molecule has 1 heterocycles. The average Bonchev–Trinajstić information content (AvgIpc) is 2.38. The van der Waals surface area contributed by atoms with Gasteiger partial charge in [0.2, 0.25) is 5.88 Å². The number of nitrogens with two attached hydrogens (primary N) is 1. The minimum absolute atomic E-state index is 0.269. The second-order valence-electron chi connectivity index (χ2n) is 5.77. The molecule has 1 aromatic heterocycles. The Balaban J connectivity index is 2.51. The average molecular weight is 265 g/mol. The van der Waals surface area contributed by atoms with Crippen molar-refractivity contribution in [3.63, 3.8) is 0 Å². The Morgan fingerprint density at radius 2 is 2.05 bits per heavy atom. The Kier molecular flexibility index (Phi) is 5.93. The van der Waals surface area contributed by atoms with Crippen molar-refractivity contribution in [2.45, 2.75) is 46.5 Å². The summed E-state index contributed by atoms with van der Waals surface area (Å²) in [6.07, 6.45) is 5.07. The van der Waals surface area contributed by atoms with Crippen LogP contribution in [-0.2, 0) is 0 Å².